The van der Waals surface area contributed by atoms with Crippen LogP contribution in [0.1, 0.15) is 22.3 Å². The first-order valence-electron chi connectivity index (χ1n) is 6.41. The fourth-order valence-electron chi connectivity index (χ4n) is 1.86. The molecule has 2 rings (SSSR count). The summed E-state index contributed by atoms with van der Waals surface area (Å²) >= 11 is 6.08. The summed E-state index contributed by atoms with van der Waals surface area (Å²) in [6.07, 6.45) is 0.312. The van der Waals surface area contributed by atoms with Crippen LogP contribution < -0.4 is 10.5 Å². The highest BCUT2D eigenvalue weighted by Gasteiger charge is 2.11. The maximum atomic E-state index is 12.0. The molecule has 104 valence electrons. The lowest BCUT2D eigenvalue weighted by Gasteiger charge is -2.11. The van der Waals surface area contributed by atoms with E-state index < -0.39 is 0 Å². The van der Waals surface area contributed by atoms with Gasteiger partial charge in [-0.2, -0.15) is 0 Å². The second-order valence-corrected chi connectivity index (χ2v) is 4.75. The summed E-state index contributed by atoms with van der Waals surface area (Å²) in [6.45, 7) is 0.657. The molecule has 2 N–H and O–H groups in total. The number of rotatable bonds is 6. The molecule has 0 saturated heterocycles. The van der Waals surface area contributed by atoms with E-state index in [2.05, 4.69) is 0 Å². The third-order valence-corrected chi connectivity index (χ3v) is 3.27. The van der Waals surface area contributed by atoms with Crippen molar-refractivity contribution in [2.75, 3.05) is 6.54 Å². The number of Topliss-reactive ketones (excluding diaryl/α,β-unsaturated/α-hetero) is 1. The number of ketones is 1. The largest absolute Gasteiger partial charge is 0.488 e. The number of carbonyl (C=O) groups is 1. The van der Waals surface area contributed by atoms with E-state index >= 15 is 0 Å². The van der Waals surface area contributed by atoms with E-state index in [0.717, 1.165) is 5.56 Å². The van der Waals surface area contributed by atoms with E-state index in [0.29, 0.717) is 35.9 Å². The molecule has 3 nitrogen and oxygen atoms in total. The van der Waals surface area contributed by atoms with Gasteiger partial charge in [0.1, 0.15) is 12.4 Å². The van der Waals surface area contributed by atoms with Crippen LogP contribution in [0.4, 0.5) is 0 Å². The molecule has 0 aliphatic rings. The van der Waals surface area contributed by atoms with Gasteiger partial charge in [-0.15, -0.1) is 0 Å². The maximum absolute atomic E-state index is 12.0. The Morgan fingerprint density at radius 2 is 1.80 bits per heavy atom. The molecule has 0 aliphatic carbocycles. The van der Waals surface area contributed by atoms with Crippen molar-refractivity contribution in [3.05, 3.63) is 64.7 Å². The molecule has 0 saturated carbocycles. The van der Waals surface area contributed by atoms with Crippen molar-refractivity contribution < 1.29 is 9.53 Å². The van der Waals surface area contributed by atoms with Crippen LogP contribution in [0.5, 0.6) is 5.75 Å². The lowest BCUT2D eigenvalue weighted by Crippen LogP contribution is -2.10. The zero-order valence-corrected chi connectivity index (χ0v) is 11.8. The van der Waals surface area contributed by atoms with Gasteiger partial charge >= 0.3 is 0 Å². The van der Waals surface area contributed by atoms with E-state index in [9.17, 15) is 4.79 Å². The van der Waals surface area contributed by atoms with E-state index in [4.69, 9.17) is 22.1 Å². The SMILES string of the molecule is NCCC(=O)c1ccccc1OCc1ccccc1Cl. The standard InChI is InChI=1S/C16H16ClNO2/c17-14-7-3-1-5-12(14)11-20-16-8-4-2-6-13(16)15(19)9-10-18/h1-8H,9-11,18H2. The summed E-state index contributed by atoms with van der Waals surface area (Å²) in [5.41, 5.74) is 6.87. The van der Waals surface area contributed by atoms with E-state index in [1.807, 2.05) is 36.4 Å². The molecule has 0 spiro atoms. The number of ether oxygens (including phenoxy) is 1. The average molecular weight is 290 g/mol. The lowest BCUT2D eigenvalue weighted by molar-refractivity contribution is 0.0981. The normalized spacial score (nSPS) is 10.3. The van der Waals surface area contributed by atoms with Crippen LogP contribution in [0.3, 0.4) is 0 Å². The van der Waals surface area contributed by atoms with Crippen molar-refractivity contribution in [3.8, 4) is 5.75 Å². The quantitative estimate of drug-likeness (QED) is 0.829. The minimum atomic E-state index is -0.0118. The fraction of sp³-hybridized carbons (Fsp3) is 0.188. The molecule has 0 heterocycles. The molecule has 0 amide bonds. The fourth-order valence-corrected chi connectivity index (χ4v) is 2.05. The molecule has 2 aromatic carbocycles. The third kappa shape index (κ3) is 3.59. The van der Waals surface area contributed by atoms with Crippen LogP contribution in [-0.2, 0) is 6.61 Å². The van der Waals surface area contributed by atoms with Crippen molar-refractivity contribution in [2.45, 2.75) is 13.0 Å². The van der Waals surface area contributed by atoms with Gasteiger partial charge in [0.25, 0.3) is 0 Å². The predicted molar refractivity (Wildman–Crippen MR) is 80.2 cm³/mol. The number of hydrogen-bond acceptors (Lipinski definition) is 3. The topological polar surface area (TPSA) is 52.3 Å². The van der Waals surface area contributed by atoms with Crippen molar-refractivity contribution >= 4 is 17.4 Å². The Morgan fingerprint density at radius 1 is 1.10 bits per heavy atom. The predicted octanol–water partition coefficient (Wildman–Crippen LogP) is 3.45. The minimum absolute atomic E-state index is 0.0118. The summed E-state index contributed by atoms with van der Waals surface area (Å²) in [5.74, 6) is 0.549. The average Bonchev–Trinajstić information content (AvgIpc) is 2.47. The van der Waals surface area contributed by atoms with Crippen LogP contribution in [0.15, 0.2) is 48.5 Å². The molecular formula is C16H16ClNO2. The third-order valence-electron chi connectivity index (χ3n) is 2.90. The molecule has 0 fully saturated rings. The van der Waals surface area contributed by atoms with Gasteiger partial charge < -0.3 is 10.5 Å². The first-order valence-corrected chi connectivity index (χ1v) is 6.78. The molecule has 20 heavy (non-hydrogen) atoms. The zero-order valence-electron chi connectivity index (χ0n) is 11.0. The maximum Gasteiger partial charge on any atom is 0.167 e. The lowest BCUT2D eigenvalue weighted by atomic mass is 10.1. The first-order chi connectivity index (χ1) is 9.72. The number of nitrogens with two attached hydrogens (primary N) is 1. The summed E-state index contributed by atoms with van der Waals surface area (Å²) < 4.78 is 5.73. The molecular weight excluding hydrogens is 274 g/mol. The van der Waals surface area contributed by atoms with E-state index in [-0.39, 0.29) is 5.78 Å². The summed E-state index contributed by atoms with van der Waals surface area (Å²) in [5, 5.41) is 0.651. The second-order valence-electron chi connectivity index (χ2n) is 4.34. The summed E-state index contributed by atoms with van der Waals surface area (Å²) in [7, 11) is 0. The molecule has 0 unspecified atom stereocenters. The summed E-state index contributed by atoms with van der Waals surface area (Å²) in [6, 6.07) is 14.6. The Hall–Kier alpha value is -1.84. The highest BCUT2D eigenvalue weighted by molar-refractivity contribution is 6.31. The Labute approximate surface area is 123 Å². The number of benzene rings is 2. The smallest absolute Gasteiger partial charge is 0.167 e. The molecule has 0 atom stereocenters. The van der Waals surface area contributed by atoms with Crippen LogP contribution in [-0.4, -0.2) is 12.3 Å². The molecule has 0 bridgehead atoms. The van der Waals surface area contributed by atoms with Crippen LogP contribution in [0.25, 0.3) is 0 Å². The minimum Gasteiger partial charge on any atom is -0.488 e. The Bertz CT molecular complexity index is 599. The van der Waals surface area contributed by atoms with Gasteiger partial charge in [0.15, 0.2) is 5.78 Å². The Kier molecular flexibility index (Phi) is 5.16. The van der Waals surface area contributed by atoms with Crippen molar-refractivity contribution in [2.24, 2.45) is 5.73 Å². The Morgan fingerprint density at radius 3 is 2.55 bits per heavy atom. The van der Waals surface area contributed by atoms with Crippen molar-refractivity contribution in [1.82, 2.24) is 0 Å². The van der Waals surface area contributed by atoms with Gasteiger partial charge in [-0.25, -0.2) is 0 Å². The second kappa shape index (κ2) is 7.08. The number of hydrogen-bond donors (Lipinski definition) is 1. The van der Waals surface area contributed by atoms with Crippen LogP contribution >= 0.6 is 11.6 Å². The molecule has 0 aromatic heterocycles. The summed E-state index contributed by atoms with van der Waals surface area (Å²) in [4.78, 5) is 12.0. The van der Waals surface area contributed by atoms with Gasteiger partial charge in [0.05, 0.1) is 5.56 Å². The van der Waals surface area contributed by atoms with Gasteiger partial charge in [-0.1, -0.05) is 41.9 Å². The van der Waals surface area contributed by atoms with Gasteiger partial charge in [0.2, 0.25) is 0 Å². The highest BCUT2D eigenvalue weighted by Crippen LogP contribution is 2.22. The van der Waals surface area contributed by atoms with E-state index in [1.54, 1.807) is 12.1 Å². The monoisotopic (exact) mass is 289 g/mol. The van der Waals surface area contributed by atoms with Gasteiger partial charge in [-0.05, 0) is 24.7 Å². The van der Waals surface area contributed by atoms with Crippen LogP contribution in [0.2, 0.25) is 5.02 Å². The molecule has 0 aliphatic heterocycles. The first kappa shape index (κ1) is 14.6. The number of carbonyl (C=O) groups excluding carboxylic acids is 1. The molecule has 4 heteroatoms. The van der Waals surface area contributed by atoms with E-state index in [1.165, 1.54) is 0 Å². The Balaban J connectivity index is 2.14. The molecule has 2 aromatic rings. The van der Waals surface area contributed by atoms with Gasteiger partial charge in [0, 0.05) is 17.0 Å². The van der Waals surface area contributed by atoms with Crippen molar-refractivity contribution in [1.29, 1.82) is 0 Å². The van der Waals surface area contributed by atoms with Gasteiger partial charge in [-0.3, -0.25) is 4.79 Å². The highest BCUT2D eigenvalue weighted by atomic mass is 35.5. The number of halogens is 1. The zero-order chi connectivity index (χ0) is 14.4. The van der Waals surface area contributed by atoms with Crippen molar-refractivity contribution in [3.63, 3.8) is 0 Å². The number of para-hydroxylation sites is 1. The van der Waals surface area contributed by atoms with Crippen LogP contribution in [0, 0.1) is 0 Å². The molecule has 0 radical (unpaired) electrons.